The molecular weight excluding hydrogens is 262 g/mol. The highest BCUT2D eigenvalue weighted by molar-refractivity contribution is 6.20. The molecule has 3 nitrogen and oxygen atoms in total. The summed E-state index contributed by atoms with van der Waals surface area (Å²) in [6.07, 6.45) is 0. The fourth-order valence-corrected chi connectivity index (χ4v) is 3.12. The summed E-state index contributed by atoms with van der Waals surface area (Å²) < 4.78 is 5.95. The summed E-state index contributed by atoms with van der Waals surface area (Å²) in [4.78, 5) is 3.32. The van der Waals surface area contributed by atoms with Gasteiger partial charge in [-0.05, 0) is 41.1 Å². The first-order valence-corrected chi connectivity index (χ1v) is 6.85. The lowest BCUT2D eigenvalue weighted by atomic mass is 10.1. The second-order valence-corrected chi connectivity index (χ2v) is 5.36. The number of aromatic hydroxyl groups is 1. The van der Waals surface area contributed by atoms with E-state index in [1.807, 2.05) is 24.3 Å². The van der Waals surface area contributed by atoms with E-state index in [1.165, 1.54) is 5.39 Å². The van der Waals surface area contributed by atoms with Crippen LogP contribution in [0.15, 0.2) is 59.0 Å². The van der Waals surface area contributed by atoms with Gasteiger partial charge in [-0.1, -0.05) is 24.3 Å². The molecule has 5 rings (SSSR count). The Kier molecular flexibility index (Phi) is 1.84. The second-order valence-electron chi connectivity index (χ2n) is 5.36. The summed E-state index contributed by atoms with van der Waals surface area (Å²) in [6, 6.07) is 17.7. The number of aromatic amines is 1. The van der Waals surface area contributed by atoms with Crippen LogP contribution in [-0.2, 0) is 0 Å². The average molecular weight is 273 g/mol. The van der Waals surface area contributed by atoms with Gasteiger partial charge in [0.1, 0.15) is 11.3 Å². The number of nitrogens with one attached hydrogen (secondary N) is 1. The Labute approximate surface area is 119 Å². The molecule has 0 radical (unpaired) electrons. The lowest BCUT2D eigenvalue weighted by Gasteiger charge is -1.99. The van der Waals surface area contributed by atoms with Gasteiger partial charge in [-0.2, -0.15) is 0 Å². The Hall–Kier alpha value is -2.94. The highest BCUT2D eigenvalue weighted by Crippen LogP contribution is 2.37. The number of hydrogen-bond acceptors (Lipinski definition) is 2. The highest BCUT2D eigenvalue weighted by Gasteiger charge is 2.13. The third-order valence-electron chi connectivity index (χ3n) is 4.08. The molecular formula is C18H11NO2. The first-order valence-electron chi connectivity index (χ1n) is 6.85. The van der Waals surface area contributed by atoms with Crippen molar-refractivity contribution in [1.29, 1.82) is 0 Å². The molecule has 0 aliphatic carbocycles. The van der Waals surface area contributed by atoms with Crippen molar-refractivity contribution in [3.8, 4) is 5.75 Å². The van der Waals surface area contributed by atoms with Crippen LogP contribution >= 0.6 is 0 Å². The van der Waals surface area contributed by atoms with Gasteiger partial charge in [0.05, 0.1) is 5.39 Å². The van der Waals surface area contributed by atoms with Crippen molar-refractivity contribution >= 4 is 43.7 Å². The van der Waals surface area contributed by atoms with Crippen LogP contribution in [0.25, 0.3) is 43.7 Å². The molecule has 0 fully saturated rings. The minimum atomic E-state index is 0.268. The molecule has 3 aromatic carbocycles. The smallest absolute Gasteiger partial charge is 0.206 e. The third-order valence-corrected chi connectivity index (χ3v) is 4.08. The fourth-order valence-electron chi connectivity index (χ4n) is 3.12. The molecule has 2 aromatic heterocycles. The van der Waals surface area contributed by atoms with Gasteiger partial charge in [-0.25, -0.2) is 0 Å². The minimum Gasteiger partial charge on any atom is -0.508 e. The molecule has 0 atom stereocenters. The van der Waals surface area contributed by atoms with Crippen LogP contribution in [0.5, 0.6) is 5.75 Å². The molecule has 0 unspecified atom stereocenters. The largest absolute Gasteiger partial charge is 0.508 e. The van der Waals surface area contributed by atoms with Gasteiger partial charge >= 0.3 is 0 Å². The predicted molar refractivity (Wildman–Crippen MR) is 84.7 cm³/mol. The molecule has 0 spiro atoms. The minimum absolute atomic E-state index is 0.268. The van der Waals surface area contributed by atoms with Crippen LogP contribution in [0.3, 0.4) is 0 Å². The molecule has 0 aliphatic rings. The van der Waals surface area contributed by atoms with Crippen LogP contribution in [0, 0.1) is 0 Å². The van der Waals surface area contributed by atoms with Crippen LogP contribution in [0.4, 0.5) is 0 Å². The Bertz CT molecular complexity index is 1150. The lowest BCUT2D eigenvalue weighted by Crippen LogP contribution is -1.74. The monoisotopic (exact) mass is 273 g/mol. The number of H-pyrrole nitrogens is 1. The van der Waals surface area contributed by atoms with Crippen molar-refractivity contribution in [2.45, 2.75) is 0 Å². The normalized spacial score (nSPS) is 12.0. The molecule has 0 saturated carbocycles. The number of rotatable bonds is 0. The Morgan fingerprint density at radius 1 is 0.857 bits per heavy atom. The quantitative estimate of drug-likeness (QED) is 0.420. The molecule has 0 saturated heterocycles. The van der Waals surface area contributed by atoms with Gasteiger partial charge in [0.15, 0.2) is 0 Å². The molecule has 5 aromatic rings. The van der Waals surface area contributed by atoms with E-state index in [9.17, 15) is 5.11 Å². The van der Waals surface area contributed by atoms with Crippen molar-refractivity contribution in [3.05, 3.63) is 54.6 Å². The Balaban J connectivity index is 2.02. The predicted octanol–water partition coefficient (Wildman–Crippen LogP) is 4.93. The maximum Gasteiger partial charge on any atom is 0.206 e. The van der Waals surface area contributed by atoms with E-state index in [0.29, 0.717) is 0 Å². The van der Waals surface area contributed by atoms with E-state index in [-0.39, 0.29) is 5.75 Å². The third kappa shape index (κ3) is 1.37. The summed E-state index contributed by atoms with van der Waals surface area (Å²) in [5.74, 6) is 0.268. The number of benzene rings is 3. The van der Waals surface area contributed by atoms with Crippen molar-refractivity contribution in [3.63, 3.8) is 0 Å². The summed E-state index contributed by atoms with van der Waals surface area (Å²) in [5, 5.41) is 15.1. The standard InChI is InChI=1S/C18H11NO2/c20-12-6-5-10-8-14-16(9-11(10)7-12)21-18-17(14)13-3-1-2-4-15(13)19-18/h1-9,19-20H. The number of fused-ring (bicyclic) bond motifs is 6. The highest BCUT2D eigenvalue weighted by atomic mass is 16.3. The zero-order valence-corrected chi connectivity index (χ0v) is 11.1. The van der Waals surface area contributed by atoms with Gasteiger partial charge < -0.3 is 14.5 Å². The van der Waals surface area contributed by atoms with Crippen molar-refractivity contribution in [2.75, 3.05) is 0 Å². The van der Waals surface area contributed by atoms with Gasteiger partial charge in [0, 0.05) is 16.3 Å². The zero-order valence-electron chi connectivity index (χ0n) is 11.1. The van der Waals surface area contributed by atoms with Crippen LogP contribution in [0.2, 0.25) is 0 Å². The molecule has 21 heavy (non-hydrogen) atoms. The van der Waals surface area contributed by atoms with E-state index in [2.05, 4.69) is 23.2 Å². The first-order chi connectivity index (χ1) is 10.3. The number of furan rings is 1. The van der Waals surface area contributed by atoms with Gasteiger partial charge in [0.25, 0.3) is 0 Å². The molecule has 2 heterocycles. The van der Waals surface area contributed by atoms with E-state index < -0.39 is 0 Å². The zero-order chi connectivity index (χ0) is 14.0. The number of hydrogen-bond donors (Lipinski definition) is 2. The molecule has 0 aliphatic heterocycles. The van der Waals surface area contributed by atoms with E-state index in [1.54, 1.807) is 12.1 Å². The number of phenolic OH excluding ortho intramolecular Hbond substituents is 1. The number of phenols is 1. The average Bonchev–Trinajstić information content (AvgIpc) is 3.00. The molecule has 3 heteroatoms. The summed E-state index contributed by atoms with van der Waals surface area (Å²) in [7, 11) is 0. The fraction of sp³-hybridized carbons (Fsp3) is 0. The van der Waals surface area contributed by atoms with Crippen molar-refractivity contribution in [2.24, 2.45) is 0 Å². The summed E-state index contributed by atoms with van der Waals surface area (Å²) >= 11 is 0. The number of para-hydroxylation sites is 1. The Morgan fingerprint density at radius 2 is 1.76 bits per heavy atom. The van der Waals surface area contributed by atoms with E-state index in [0.717, 1.165) is 38.4 Å². The number of aromatic nitrogens is 1. The maximum absolute atomic E-state index is 9.61. The maximum atomic E-state index is 9.61. The topological polar surface area (TPSA) is 49.2 Å². The van der Waals surface area contributed by atoms with Crippen LogP contribution < -0.4 is 0 Å². The van der Waals surface area contributed by atoms with Crippen LogP contribution in [-0.4, -0.2) is 10.1 Å². The van der Waals surface area contributed by atoms with Gasteiger partial charge in [-0.3, -0.25) is 0 Å². The Morgan fingerprint density at radius 3 is 2.71 bits per heavy atom. The summed E-state index contributed by atoms with van der Waals surface area (Å²) in [5.41, 5.74) is 2.71. The van der Waals surface area contributed by atoms with E-state index in [4.69, 9.17) is 4.42 Å². The second kappa shape index (κ2) is 3.58. The lowest BCUT2D eigenvalue weighted by molar-refractivity contribution is 0.476. The summed E-state index contributed by atoms with van der Waals surface area (Å²) in [6.45, 7) is 0. The SMILES string of the molecule is Oc1ccc2cc3c(cc2c1)oc1[nH]c2ccccc2c13. The molecule has 100 valence electrons. The molecule has 0 bridgehead atoms. The van der Waals surface area contributed by atoms with Gasteiger partial charge in [0.2, 0.25) is 5.71 Å². The first kappa shape index (κ1) is 10.8. The molecule has 2 N–H and O–H groups in total. The van der Waals surface area contributed by atoms with Crippen LogP contribution in [0.1, 0.15) is 0 Å². The van der Waals surface area contributed by atoms with Crippen molar-refractivity contribution < 1.29 is 9.52 Å². The van der Waals surface area contributed by atoms with Crippen molar-refractivity contribution in [1.82, 2.24) is 4.98 Å². The van der Waals surface area contributed by atoms with Gasteiger partial charge in [-0.15, -0.1) is 0 Å². The van der Waals surface area contributed by atoms with E-state index >= 15 is 0 Å². The molecule has 0 amide bonds.